The van der Waals surface area contributed by atoms with Gasteiger partial charge in [0.2, 0.25) is 6.33 Å². The molecule has 2 unspecified atom stereocenters. The lowest BCUT2D eigenvalue weighted by molar-refractivity contribution is -0.689. The van der Waals surface area contributed by atoms with Gasteiger partial charge in [-0.15, -0.1) is 16.0 Å². The normalized spacial score (nSPS) is 13.5. The van der Waals surface area contributed by atoms with Crippen LogP contribution in [0.3, 0.4) is 0 Å². The first-order chi connectivity index (χ1) is 19.6. The smallest absolute Gasteiger partial charge is 0.265 e. The molecule has 0 aliphatic rings. The summed E-state index contributed by atoms with van der Waals surface area (Å²) in [4.78, 5) is 4.72. The fourth-order valence-corrected chi connectivity index (χ4v) is 5.93. The topological polar surface area (TPSA) is 98.8 Å². The van der Waals surface area contributed by atoms with Crippen LogP contribution in [0.15, 0.2) is 72.6 Å². The van der Waals surface area contributed by atoms with E-state index >= 15 is 4.39 Å². The van der Waals surface area contributed by atoms with E-state index in [0.29, 0.717) is 22.8 Å². The van der Waals surface area contributed by atoms with E-state index in [1.165, 1.54) is 22.1 Å². The summed E-state index contributed by atoms with van der Waals surface area (Å²) in [5.74, 6) is -2.03. The molecule has 2 heterocycles. The van der Waals surface area contributed by atoms with Crippen molar-refractivity contribution in [3.8, 4) is 23.1 Å². The van der Waals surface area contributed by atoms with Crippen molar-refractivity contribution in [2.24, 2.45) is 0 Å². The minimum absolute atomic E-state index is 0.0617. The summed E-state index contributed by atoms with van der Waals surface area (Å²) in [7, 11) is 0. The Kier molecular flexibility index (Phi) is 7.67. The standard InChI is InChI=1S/C31H27F2N5O2S/c1-19-10-23(11-20(2)29(19)39)14-37-17-35-38(18-37)16-31(40,26-9-8-25(32)12-27(26)33)21(3)30-36-28(15-41-30)24-6-4-22(13-34)5-7-24/h4-12,15,17-18,21,40H,14,16H2,1-3H3/p+1. The Bertz CT molecular complexity index is 1740. The lowest BCUT2D eigenvalue weighted by atomic mass is 9.82. The Balaban J connectivity index is 1.47. The highest BCUT2D eigenvalue weighted by Crippen LogP contribution is 2.41. The molecule has 208 valence electrons. The lowest BCUT2D eigenvalue weighted by Crippen LogP contribution is -2.39. The summed E-state index contributed by atoms with van der Waals surface area (Å²) in [6, 6.07) is 16.0. The molecule has 5 aromatic rings. The number of halogens is 2. The molecule has 0 radical (unpaired) electrons. The summed E-state index contributed by atoms with van der Waals surface area (Å²) < 4.78 is 32.3. The van der Waals surface area contributed by atoms with Gasteiger partial charge in [0.1, 0.15) is 29.5 Å². The maximum atomic E-state index is 15.2. The summed E-state index contributed by atoms with van der Waals surface area (Å²) >= 11 is 1.33. The maximum absolute atomic E-state index is 15.2. The molecule has 3 aromatic carbocycles. The second-order valence-corrected chi connectivity index (χ2v) is 11.1. The van der Waals surface area contributed by atoms with Crippen molar-refractivity contribution in [3.05, 3.63) is 117 Å². The quantitative estimate of drug-likeness (QED) is 0.239. The molecular weight excluding hydrogens is 544 g/mol. The second kappa shape index (κ2) is 11.2. The van der Waals surface area contributed by atoms with Crippen LogP contribution in [0.2, 0.25) is 0 Å². The highest BCUT2D eigenvalue weighted by Gasteiger charge is 2.43. The first-order valence-electron chi connectivity index (χ1n) is 12.9. The fourth-order valence-electron chi connectivity index (χ4n) is 4.96. The number of rotatable bonds is 8. The van der Waals surface area contributed by atoms with Crippen LogP contribution in [0.4, 0.5) is 8.78 Å². The van der Waals surface area contributed by atoms with Crippen LogP contribution < -0.4 is 4.57 Å². The average Bonchev–Trinajstić information content (AvgIpc) is 3.61. The number of hydrogen-bond donors (Lipinski definition) is 2. The number of aromatic hydroxyl groups is 1. The highest BCUT2D eigenvalue weighted by atomic mass is 32.1. The van der Waals surface area contributed by atoms with E-state index in [-0.39, 0.29) is 17.9 Å². The van der Waals surface area contributed by atoms with Crippen molar-refractivity contribution in [2.75, 3.05) is 0 Å². The van der Waals surface area contributed by atoms with Gasteiger partial charge in [-0.1, -0.05) is 25.1 Å². The van der Waals surface area contributed by atoms with E-state index in [2.05, 4.69) is 11.2 Å². The first kappa shape index (κ1) is 28.1. The molecular formula is C31H28F2N5O2S+. The molecule has 0 spiro atoms. The Hall–Kier alpha value is -4.46. The van der Waals surface area contributed by atoms with Crippen molar-refractivity contribution in [1.82, 2.24) is 14.8 Å². The van der Waals surface area contributed by atoms with Crippen molar-refractivity contribution < 1.29 is 23.6 Å². The van der Waals surface area contributed by atoms with E-state index in [1.54, 1.807) is 43.8 Å². The Labute approximate surface area is 240 Å². The number of phenols is 1. The molecule has 0 bridgehead atoms. The van der Waals surface area contributed by atoms with Gasteiger partial charge in [0.25, 0.3) is 6.33 Å². The summed E-state index contributed by atoms with van der Waals surface area (Å²) in [6.45, 7) is 5.78. The summed E-state index contributed by atoms with van der Waals surface area (Å²) in [6.07, 6.45) is 3.32. The molecule has 10 heteroatoms. The van der Waals surface area contributed by atoms with Crippen molar-refractivity contribution in [1.29, 1.82) is 5.26 Å². The Morgan fingerprint density at radius 2 is 1.80 bits per heavy atom. The molecule has 5 rings (SSSR count). The van der Waals surface area contributed by atoms with E-state index in [0.717, 1.165) is 34.4 Å². The predicted molar refractivity (Wildman–Crippen MR) is 150 cm³/mol. The van der Waals surface area contributed by atoms with Gasteiger partial charge >= 0.3 is 0 Å². The molecule has 0 saturated heterocycles. The average molecular weight is 573 g/mol. The number of benzene rings is 3. The van der Waals surface area contributed by atoms with Crippen molar-refractivity contribution in [3.63, 3.8) is 0 Å². The minimum Gasteiger partial charge on any atom is -0.507 e. The molecule has 0 fully saturated rings. The zero-order valence-corrected chi connectivity index (χ0v) is 23.5. The van der Waals surface area contributed by atoms with Gasteiger partial charge in [-0.25, -0.2) is 18.3 Å². The third-order valence-corrected chi connectivity index (χ3v) is 8.29. The third-order valence-electron chi connectivity index (χ3n) is 7.26. The highest BCUT2D eigenvalue weighted by molar-refractivity contribution is 7.10. The molecule has 0 saturated carbocycles. The van der Waals surface area contributed by atoms with Crippen molar-refractivity contribution >= 4 is 11.3 Å². The van der Waals surface area contributed by atoms with E-state index in [9.17, 15) is 14.6 Å². The van der Waals surface area contributed by atoms with Gasteiger partial charge in [0.15, 0.2) is 0 Å². The van der Waals surface area contributed by atoms with Crippen LogP contribution in [-0.2, 0) is 18.7 Å². The number of aliphatic hydroxyl groups is 1. The Morgan fingerprint density at radius 3 is 2.46 bits per heavy atom. The minimum atomic E-state index is -1.83. The number of thiazole rings is 1. The molecule has 2 aromatic heterocycles. The van der Waals surface area contributed by atoms with Crippen LogP contribution in [-0.4, -0.2) is 25.0 Å². The van der Waals surface area contributed by atoms with Gasteiger partial charge < -0.3 is 10.2 Å². The van der Waals surface area contributed by atoms with E-state index in [1.807, 2.05) is 35.9 Å². The number of hydrogen-bond acceptors (Lipinski definition) is 6. The first-order valence-corrected chi connectivity index (χ1v) is 13.8. The number of nitriles is 1. The van der Waals surface area contributed by atoms with Crippen LogP contribution in [0.1, 0.15) is 45.7 Å². The number of aromatic nitrogens is 4. The molecule has 2 N–H and O–H groups in total. The zero-order valence-electron chi connectivity index (χ0n) is 22.7. The fraction of sp³-hybridized carbons (Fsp3) is 0.226. The van der Waals surface area contributed by atoms with Crippen molar-refractivity contribution in [2.45, 2.75) is 45.4 Å². The number of nitrogens with zero attached hydrogens (tertiary/aromatic N) is 5. The molecule has 7 nitrogen and oxygen atoms in total. The predicted octanol–water partition coefficient (Wildman–Crippen LogP) is 5.51. The summed E-state index contributed by atoms with van der Waals surface area (Å²) in [5.41, 5.74) is 2.63. The lowest BCUT2D eigenvalue weighted by Gasteiger charge is -2.32. The molecule has 0 aliphatic heterocycles. The maximum Gasteiger partial charge on any atom is 0.265 e. The largest absolute Gasteiger partial charge is 0.507 e. The van der Waals surface area contributed by atoms with E-state index in [4.69, 9.17) is 10.2 Å². The summed E-state index contributed by atoms with van der Waals surface area (Å²) in [5, 5.41) is 38.1. The number of aryl methyl sites for hydroxylation is 2. The van der Waals surface area contributed by atoms with Crippen LogP contribution >= 0.6 is 11.3 Å². The van der Waals surface area contributed by atoms with Gasteiger partial charge in [-0.2, -0.15) is 5.26 Å². The molecule has 0 amide bonds. The van der Waals surface area contributed by atoms with E-state index < -0.39 is 23.2 Å². The van der Waals surface area contributed by atoms with Gasteiger partial charge in [0, 0.05) is 33.6 Å². The monoisotopic (exact) mass is 572 g/mol. The third kappa shape index (κ3) is 5.73. The van der Waals surface area contributed by atoms with Crippen LogP contribution in [0.25, 0.3) is 11.3 Å². The van der Waals surface area contributed by atoms with Crippen LogP contribution in [0.5, 0.6) is 5.75 Å². The molecule has 0 aliphatic carbocycles. The van der Waals surface area contributed by atoms with Gasteiger partial charge in [0.05, 0.1) is 28.9 Å². The molecule has 41 heavy (non-hydrogen) atoms. The van der Waals surface area contributed by atoms with Gasteiger partial charge in [-0.05, 0) is 60.9 Å². The Morgan fingerprint density at radius 1 is 1.10 bits per heavy atom. The molecule has 2 atom stereocenters. The zero-order chi connectivity index (χ0) is 29.3. The number of phenolic OH excluding ortho intramolecular Hbond substituents is 1. The SMILES string of the molecule is Cc1cc(C[n+]2cnn(CC(O)(c3ccc(F)cc3F)C(C)c3nc(-c4ccc(C#N)cc4)cs3)c2)cc(C)c1O. The van der Waals surface area contributed by atoms with Crippen LogP contribution in [0, 0.1) is 36.8 Å². The van der Waals surface area contributed by atoms with Gasteiger partial charge in [-0.3, -0.25) is 0 Å². The second-order valence-electron chi connectivity index (χ2n) is 10.2.